The van der Waals surface area contributed by atoms with Gasteiger partial charge in [0.15, 0.2) is 15.0 Å². The molecule has 118 valence electrons. The molecule has 6 nitrogen and oxygen atoms in total. The van der Waals surface area contributed by atoms with Crippen LogP contribution in [0, 0.1) is 0 Å². The minimum Gasteiger partial charge on any atom is -0.478 e. The lowest BCUT2D eigenvalue weighted by molar-refractivity contribution is 0.0697. The SMILES string of the molecule is Nc1nc2c(S(=O)(=O)Cc3ccc(C(=O)O)cc3)cccc2s1. The summed E-state index contributed by atoms with van der Waals surface area (Å²) in [4.78, 5) is 15.1. The molecule has 0 unspecified atom stereocenters. The second-order valence-electron chi connectivity index (χ2n) is 4.92. The summed E-state index contributed by atoms with van der Waals surface area (Å²) >= 11 is 1.23. The summed E-state index contributed by atoms with van der Waals surface area (Å²) in [6.45, 7) is 0. The molecule has 2 aromatic carbocycles. The predicted octanol–water partition coefficient (Wildman–Crippen LogP) is 2.55. The third-order valence-electron chi connectivity index (χ3n) is 3.29. The summed E-state index contributed by atoms with van der Waals surface area (Å²) in [6, 6.07) is 10.7. The molecule has 0 amide bonds. The highest BCUT2D eigenvalue weighted by Gasteiger charge is 2.20. The van der Waals surface area contributed by atoms with Crippen molar-refractivity contribution in [1.82, 2.24) is 4.98 Å². The van der Waals surface area contributed by atoms with Gasteiger partial charge in [0.1, 0.15) is 5.52 Å². The molecule has 0 aliphatic heterocycles. The number of aromatic carboxylic acids is 1. The Morgan fingerprint density at radius 1 is 1.17 bits per heavy atom. The molecule has 0 saturated heterocycles. The van der Waals surface area contributed by atoms with Gasteiger partial charge in [-0.15, -0.1) is 0 Å². The third kappa shape index (κ3) is 3.03. The highest BCUT2D eigenvalue weighted by atomic mass is 32.2. The Morgan fingerprint density at radius 2 is 1.87 bits per heavy atom. The molecule has 3 aromatic rings. The van der Waals surface area contributed by atoms with Crippen molar-refractivity contribution in [2.75, 3.05) is 5.73 Å². The van der Waals surface area contributed by atoms with Crippen LogP contribution in [-0.4, -0.2) is 24.5 Å². The van der Waals surface area contributed by atoms with Gasteiger partial charge in [-0.25, -0.2) is 18.2 Å². The predicted molar refractivity (Wildman–Crippen MR) is 88.3 cm³/mol. The lowest BCUT2D eigenvalue weighted by Gasteiger charge is -2.06. The number of rotatable bonds is 4. The van der Waals surface area contributed by atoms with Crippen LogP contribution < -0.4 is 5.73 Å². The number of nitrogens with zero attached hydrogens (tertiary/aromatic N) is 1. The molecule has 0 spiro atoms. The third-order valence-corrected chi connectivity index (χ3v) is 5.85. The van der Waals surface area contributed by atoms with Crippen molar-refractivity contribution in [1.29, 1.82) is 0 Å². The van der Waals surface area contributed by atoms with Gasteiger partial charge in [-0.3, -0.25) is 0 Å². The van der Waals surface area contributed by atoms with Crippen molar-refractivity contribution in [3.05, 3.63) is 53.6 Å². The molecular formula is C15H12N2O4S2. The second-order valence-corrected chi connectivity index (χ2v) is 7.94. The Labute approximate surface area is 136 Å². The molecule has 3 rings (SSSR count). The van der Waals surface area contributed by atoms with Gasteiger partial charge >= 0.3 is 5.97 Å². The lowest BCUT2D eigenvalue weighted by atomic mass is 10.1. The largest absolute Gasteiger partial charge is 0.478 e. The standard InChI is InChI=1S/C15H12N2O4S2/c16-15-17-13-11(22-15)2-1-3-12(13)23(20,21)8-9-4-6-10(7-5-9)14(18)19/h1-7H,8H2,(H2,16,17)(H,18,19). The number of sulfone groups is 1. The summed E-state index contributed by atoms with van der Waals surface area (Å²) in [6.07, 6.45) is 0. The van der Waals surface area contributed by atoms with Gasteiger partial charge in [0.05, 0.1) is 20.9 Å². The van der Waals surface area contributed by atoms with Crippen LogP contribution in [-0.2, 0) is 15.6 Å². The van der Waals surface area contributed by atoms with E-state index in [2.05, 4.69) is 4.98 Å². The van der Waals surface area contributed by atoms with Crippen molar-refractivity contribution in [3.63, 3.8) is 0 Å². The summed E-state index contributed by atoms with van der Waals surface area (Å²) < 4.78 is 26.0. The maximum absolute atomic E-state index is 12.7. The second kappa shape index (κ2) is 5.64. The molecule has 0 bridgehead atoms. The molecule has 8 heteroatoms. The summed E-state index contributed by atoms with van der Waals surface area (Å²) in [5, 5.41) is 9.18. The van der Waals surface area contributed by atoms with Gasteiger partial charge in [-0.1, -0.05) is 29.5 Å². The van der Waals surface area contributed by atoms with E-state index < -0.39 is 15.8 Å². The molecule has 1 aromatic heterocycles. The van der Waals surface area contributed by atoms with Crippen molar-refractivity contribution < 1.29 is 18.3 Å². The molecule has 3 N–H and O–H groups in total. The lowest BCUT2D eigenvalue weighted by Crippen LogP contribution is -2.06. The van der Waals surface area contributed by atoms with Crippen LogP contribution in [0.5, 0.6) is 0 Å². The Hall–Kier alpha value is -2.45. The molecule has 1 heterocycles. The van der Waals surface area contributed by atoms with E-state index in [0.29, 0.717) is 20.9 Å². The monoisotopic (exact) mass is 348 g/mol. The highest BCUT2D eigenvalue weighted by Crippen LogP contribution is 2.30. The van der Waals surface area contributed by atoms with E-state index in [1.54, 1.807) is 12.1 Å². The number of aromatic nitrogens is 1. The minimum absolute atomic E-state index is 0.112. The number of carboxylic acids is 1. The normalized spacial score (nSPS) is 11.7. The molecule has 0 aliphatic carbocycles. The molecule has 0 saturated carbocycles. The van der Waals surface area contributed by atoms with Gasteiger partial charge in [-0.2, -0.15) is 0 Å². The van der Waals surface area contributed by atoms with E-state index in [1.165, 1.54) is 41.7 Å². The van der Waals surface area contributed by atoms with E-state index >= 15 is 0 Å². The molecule has 0 atom stereocenters. The topological polar surface area (TPSA) is 110 Å². The molecular weight excluding hydrogens is 336 g/mol. The van der Waals surface area contributed by atoms with Crippen molar-refractivity contribution in [2.24, 2.45) is 0 Å². The fraction of sp³-hybridized carbons (Fsp3) is 0.0667. The van der Waals surface area contributed by atoms with Crippen molar-refractivity contribution in [3.8, 4) is 0 Å². The molecule has 0 fully saturated rings. The fourth-order valence-corrected chi connectivity index (χ4v) is 4.58. The van der Waals surface area contributed by atoms with Crippen molar-refractivity contribution >= 4 is 42.5 Å². The Morgan fingerprint density at radius 3 is 2.52 bits per heavy atom. The number of benzene rings is 2. The average Bonchev–Trinajstić information content (AvgIpc) is 2.87. The summed E-state index contributed by atoms with van der Waals surface area (Å²) in [7, 11) is -3.62. The first kappa shape index (κ1) is 15.4. The zero-order valence-electron chi connectivity index (χ0n) is 11.8. The van der Waals surface area contributed by atoms with Crippen molar-refractivity contribution in [2.45, 2.75) is 10.6 Å². The van der Waals surface area contributed by atoms with E-state index in [0.717, 1.165) is 0 Å². The summed E-state index contributed by atoms with van der Waals surface area (Å²) in [5.74, 6) is -1.29. The number of carbonyl (C=O) groups is 1. The van der Waals surface area contributed by atoms with Gasteiger partial charge in [-0.05, 0) is 29.8 Å². The van der Waals surface area contributed by atoms with E-state index in [9.17, 15) is 13.2 Å². The molecule has 0 radical (unpaired) electrons. The zero-order chi connectivity index (χ0) is 16.6. The number of nitrogens with two attached hydrogens (primary N) is 1. The Balaban J connectivity index is 1.99. The van der Waals surface area contributed by atoms with E-state index in [4.69, 9.17) is 10.8 Å². The number of thiazole rings is 1. The summed E-state index contributed by atoms with van der Waals surface area (Å²) in [5.41, 5.74) is 6.65. The van der Waals surface area contributed by atoms with Crippen LogP contribution >= 0.6 is 11.3 Å². The number of anilines is 1. The molecule has 0 aliphatic rings. The van der Waals surface area contributed by atoms with Crippen LogP contribution in [0.4, 0.5) is 5.13 Å². The average molecular weight is 348 g/mol. The number of carboxylic acid groups (broad SMARTS) is 1. The van der Waals surface area contributed by atoms with Crippen LogP contribution in [0.15, 0.2) is 47.4 Å². The van der Waals surface area contributed by atoms with E-state index in [-0.39, 0.29) is 16.2 Å². The highest BCUT2D eigenvalue weighted by molar-refractivity contribution is 7.90. The quantitative estimate of drug-likeness (QED) is 0.750. The van der Waals surface area contributed by atoms with Crippen LogP contribution in [0.25, 0.3) is 10.2 Å². The maximum Gasteiger partial charge on any atom is 0.335 e. The number of hydrogen-bond donors (Lipinski definition) is 2. The zero-order valence-corrected chi connectivity index (χ0v) is 13.4. The first-order valence-electron chi connectivity index (χ1n) is 6.57. The first-order valence-corrected chi connectivity index (χ1v) is 9.04. The Kier molecular flexibility index (Phi) is 3.78. The number of para-hydroxylation sites is 1. The van der Waals surface area contributed by atoms with Crippen LogP contribution in [0.2, 0.25) is 0 Å². The van der Waals surface area contributed by atoms with Gasteiger partial charge in [0, 0.05) is 0 Å². The number of fused-ring (bicyclic) bond motifs is 1. The smallest absolute Gasteiger partial charge is 0.335 e. The van der Waals surface area contributed by atoms with Gasteiger partial charge in [0.25, 0.3) is 0 Å². The van der Waals surface area contributed by atoms with Crippen LogP contribution in [0.1, 0.15) is 15.9 Å². The molecule has 23 heavy (non-hydrogen) atoms. The number of hydrogen-bond acceptors (Lipinski definition) is 6. The Bertz CT molecular complexity index is 992. The van der Waals surface area contributed by atoms with Gasteiger partial charge < -0.3 is 10.8 Å². The fourth-order valence-electron chi connectivity index (χ4n) is 2.23. The van der Waals surface area contributed by atoms with Crippen LogP contribution in [0.3, 0.4) is 0 Å². The first-order chi connectivity index (χ1) is 10.9. The minimum atomic E-state index is -3.62. The number of nitrogen functional groups attached to an aromatic ring is 1. The van der Waals surface area contributed by atoms with Gasteiger partial charge in [0.2, 0.25) is 0 Å². The van der Waals surface area contributed by atoms with E-state index in [1.807, 2.05) is 0 Å². The maximum atomic E-state index is 12.7.